The summed E-state index contributed by atoms with van der Waals surface area (Å²) >= 11 is 1.51. The van der Waals surface area contributed by atoms with Crippen molar-refractivity contribution in [3.05, 3.63) is 79.0 Å². The lowest BCUT2D eigenvalue weighted by atomic mass is 9.76. The largest absolute Gasteiger partial charge is 0.490 e. The molecule has 0 bridgehead atoms. The molecule has 14 heteroatoms. The highest BCUT2D eigenvalue weighted by atomic mass is 32.1. The van der Waals surface area contributed by atoms with Gasteiger partial charge in [-0.05, 0) is 42.3 Å². The number of amides is 1. The highest BCUT2D eigenvalue weighted by molar-refractivity contribution is 7.08. The van der Waals surface area contributed by atoms with Crippen LogP contribution in [-0.4, -0.2) is 60.5 Å². The van der Waals surface area contributed by atoms with Gasteiger partial charge >= 0.3 is 23.3 Å². The molecule has 196 valence electrons. The highest BCUT2D eigenvalue weighted by Crippen LogP contribution is 2.41. The van der Waals surface area contributed by atoms with Crippen LogP contribution in [0.5, 0.6) is 0 Å². The fraction of sp³-hybridized carbons (Fsp3) is 0.391. The minimum atomic E-state index is -5.08. The Morgan fingerprint density at radius 2 is 1.76 bits per heavy atom. The molecule has 0 aliphatic carbocycles. The van der Waals surface area contributed by atoms with Crippen LogP contribution < -0.4 is 11.1 Å². The zero-order valence-electron chi connectivity index (χ0n) is 19.3. The summed E-state index contributed by atoms with van der Waals surface area (Å²) in [5, 5.41) is 15.5. The molecule has 2 aliphatic rings. The first-order valence-corrected chi connectivity index (χ1v) is 12.2. The number of thiophene rings is 1. The van der Waals surface area contributed by atoms with Gasteiger partial charge in [-0.2, -0.15) is 29.6 Å². The molecule has 1 N–H and O–H groups in total. The van der Waals surface area contributed by atoms with Gasteiger partial charge in [0.25, 0.3) is 5.91 Å². The Morgan fingerprint density at radius 1 is 1.08 bits per heavy atom. The van der Waals surface area contributed by atoms with E-state index in [4.69, 9.17) is 9.90 Å². The molecule has 5 rings (SSSR count). The van der Waals surface area contributed by atoms with Crippen LogP contribution >= 0.6 is 11.3 Å². The molecule has 3 aromatic rings. The minimum absolute atomic E-state index is 0.0518. The molecule has 0 radical (unpaired) electrons. The number of hydrogen-bond acceptors (Lipinski definition) is 7. The summed E-state index contributed by atoms with van der Waals surface area (Å²) in [5.74, 6) is -2.03. The number of carbonyl (C=O) groups excluding carboxylic acids is 1. The topological polar surface area (TPSA) is 127 Å². The predicted octanol–water partition coefficient (Wildman–Crippen LogP) is 2.12. The fourth-order valence-corrected chi connectivity index (χ4v) is 5.15. The summed E-state index contributed by atoms with van der Waals surface area (Å²) in [6.07, 6.45) is 0.494. The fourth-order valence-electron chi connectivity index (χ4n) is 4.53. The standard InChI is InChI=1S/C21H21N5O3S.C2HF3O2/c27-17(16-3-11-30-14-16)24-8-4-21(5-9-24)6-10-25-18(28)19(29)26(23-20(21)25)13-15-2-1-7-22-12-15;3-2(4,5)1(6)7/h1-3,7,11-12,14H,4-6,8-10,13H2;(H,6,7). The smallest absolute Gasteiger partial charge is 0.475 e. The molecular weight excluding hydrogens is 515 g/mol. The number of alkyl halides is 3. The molecule has 1 fully saturated rings. The number of halogens is 3. The third kappa shape index (κ3) is 5.48. The Balaban J connectivity index is 0.000000405. The first kappa shape index (κ1) is 26.3. The van der Waals surface area contributed by atoms with Crippen LogP contribution in [0.3, 0.4) is 0 Å². The lowest BCUT2D eigenvalue weighted by molar-refractivity contribution is -0.192. The molecule has 5 heterocycles. The van der Waals surface area contributed by atoms with E-state index in [1.807, 2.05) is 27.8 Å². The Bertz CT molecular complexity index is 1390. The third-order valence-corrected chi connectivity index (χ3v) is 7.18. The van der Waals surface area contributed by atoms with Gasteiger partial charge in [0.2, 0.25) is 0 Å². The number of fused-ring (bicyclic) bond motifs is 2. The SMILES string of the molecule is O=C(O)C(F)(F)F.O=C(c1ccsc1)N1CCC2(CC1)CCn1c2nn(Cc2cccnc2)c(=O)c1=O. The lowest BCUT2D eigenvalue weighted by Crippen LogP contribution is -2.48. The number of aromatic nitrogens is 4. The van der Waals surface area contributed by atoms with Crippen LogP contribution in [0, 0.1) is 0 Å². The van der Waals surface area contributed by atoms with Crippen molar-refractivity contribution < 1.29 is 27.9 Å². The Kier molecular flexibility index (Phi) is 7.30. The van der Waals surface area contributed by atoms with Crippen molar-refractivity contribution in [2.45, 2.75) is 43.9 Å². The van der Waals surface area contributed by atoms with E-state index in [1.54, 1.807) is 23.0 Å². The van der Waals surface area contributed by atoms with E-state index in [0.29, 0.717) is 25.5 Å². The molecule has 1 saturated heterocycles. The van der Waals surface area contributed by atoms with Crippen LogP contribution in [0.2, 0.25) is 0 Å². The van der Waals surface area contributed by atoms with E-state index >= 15 is 0 Å². The molecule has 37 heavy (non-hydrogen) atoms. The van der Waals surface area contributed by atoms with E-state index < -0.39 is 23.3 Å². The van der Waals surface area contributed by atoms with Crippen molar-refractivity contribution in [3.63, 3.8) is 0 Å². The third-order valence-electron chi connectivity index (χ3n) is 6.50. The van der Waals surface area contributed by atoms with Crippen molar-refractivity contribution in [3.8, 4) is 0 Å². The lowest BCUT2D eigenvalue weighted by Gasteiger charge is -2.38. The molecule has 0 saturated carbocycles. The number of rotatable bonds is 3. The Morgan fingerprint density at radius 3 is 2.32 bits per heavy atom. The second-order valence-electron chi connectivity index (χ2n) is 8.74. The molecule has 0 unspecified atom stereocenters. The maximum Gasteiger partial charge on any atom is 0.490 e. The maximum atomic E-state index is 12.7. The summed E-state index contributed by atoms with van der Waals surface area (Å²) in [5.41, 5.74) is 0.152. The second kappa shape index (κ2) is 10.3. The van der Waals surface area contributed by atoms with E-state index in [1.165, 1.54) is 16.0 Å². The average molecular weight is 538 g/mol. The quantitative estimate of drug-likeness (QED) is 0.507. The van der Waals surface area contributed by atoms with Crippen molar-refractivity contribution >= 4 is 23.2 Å². The van der Waals surface area contributed by atoms with Gasteiger partial charge in [0.15, 0.2) is 0 Å². The minimum Gasteiger partial charge on any atom is -0.475 e. The van der Waals surface area contributed by atoms with Gasteiger partial charge in [-0.3, -0.25) is 23.9 Å². The van der Waals surface area contributed by atoms with Gasteiger partial charge in [-0.15, -0.1) is 0 Å². The summed E-state index contributed by atoms with van der Waals surface area (Å²) in [4.78, 5) is 52.8. The van der Waals surface area contributed by atoms with E-state index in [9.17, 15) is 27.6 Å². The van der Waals surface area contributed by atoms with E-state index in [0.717, 1.165) is 30.4 Å². The second-order valence-corrected chi connectivity index (χ2v) is 9.52. The summed E-state index contributed by atoms with van der Waals surface area (Å²) in [6.45, 7) is 1.95. The van der Waals surface area contributed by atoms with Gasteiger partial charge in [0.05, 0.1) is 12.1 Å². The first-order chi connectivity index (χ1) is 17.5. The zero-order valence-corrected chi connectivity index (χ0v) is 20.2. The molecule has 1 spiro atoms. The maximum absolute atomic E-state index is 12.7. The van der Waals surface area contributed by atoms with Gasteiger partial charge in [0, 0.05) is 42.8 Å². The highest BCUT2D eigenvalue weighted by Gasteiger charge is 2.45. The molecule has 0 aromatic carbocycles. The number of carboxylic acids is 1. The van der Waals surface area contributed by atoms with Crippen molar-refractivity contribution in [1.29, 1.82) is 0 Å². The van der Waals surface area contributed by atoms with Gasteiger partial charge in [-0.25, -0.2) is 9.48 Å². The van der Waals surface area contributed by atoms with E-state index in [-0.39, 0.29) is 17.9 Å². The number of carbonyl (C=O) groups is 2. The molecule has 2 aliphatic heterocycles. The Labute approximate surface area is 211 Å². The van der Waals surface area contributed by atoms with Crippen molar-refractivity contribution in [1.82, 2.24) is 24.2 Å². The van der Waals surface area contributed by atoms with Crippen LogP contribution in [-0.2, 0) is 23.3 Å². The number of piperidine rings is 1. The first-order valence-electron chi connectivity index (χ1n) is 11.2. The Hall–Kier alpha value is -3.81. The number of carboxylic acid groups (broad SMARTS) is 1. The number of likely N-dealkylation sites (tertiary alicyclic amines) is 1. The van der Waals surface area contributed by atoms with Crippen LogP contribution in [0.4, 0.5) is 13.2 Å². The molecule has 3 aromatic heterocycles. The zero-order chi connectivity index (χ0) is 26.8. The predicted molar refractivity (Wildman–Crippen MR) is 126 cm³/mol. The van der Waals surface area contributed by atoms with Gasteiger partial charge < -0.3 is 10.0 Å². The molecular formula is C23H22F3N5O5S. The number of aliphatic carboxylic acids is 1. The van der Waals surface area contributed by atoms with Crippen LogP contribution in [0.1, 0.15) is 41.0 Å². The molecule has 0 atom stereocenters. The normalized spacial score (nSPS) is 16.1. The number of hydrogen-bond donors (Lipinski definition) is 1. The summed E-state index contributed by atoms with van der Waals surface area (Å²) in [7, 11) is 0. The molecule has 10 nitrogen and oxygen atoms in total. The summed E-state index contributed by atoms with van der Waals surface area (Å²) in [6, 6.07) is 5.50. The van der Waals surface area contributed by atoms with E-state index in [2.05, 4.69) is 10.1 Å². The van der Waals surface area contributed by atoms with Crippen LogP contribution in [0.25, 0.3) is 0 Å². The molecule has 1 amide bonds. The number of nitrogens with zero attached hydrogens (tertiary/aromatic N) is 5. The number of pyridine rings is 1. The van der Waals surface area contributed by atoms with Crippen molar-refractivity contribution in [2.75, 3.05) is 13.1 Å². The van der Waals surface area contributed by atoms with Gasteiger partial charge in [0.1, 0.15) is 5.82 Å². The average Bonchev–Trinajstić information content (AvgIpc) is 3.52. The summed E-state index contributed by atoms with van der Waals surface area (Å²) < 4.78 is 34.5. The van der Waals surface area contributed by atoms with Crippen molar-refractivity contribution in [2.24, 2.45) is 0 Å². The van der Waals surface area contributed by atoms with Gasteiger partial charge in [-0.1, -0.05) is 6.07 Å². The monoisotopic (exact) mass is 537 g/mol. The van der Waals surface area contributed by atoms with Crippen LogP contribution in [0.15, 0.2) is 50.9 Å².